The lowest BCUT2D eigenvalue weighted by Gasteiger charge is -2.29. The summed E-state index contributed by atoms with van der Waals surface area (Å²) in [5, 5.41) is 4.28. The maximum absolute atomic E-state index is 5.90. The first kappa shape index (κ1) is 22.2. The minimum Gasteiger partial charge on any atom is -0.378 e. The van der Waals surface area contributed by atoms with Crippen molar-refractivity contribution >= 4 is 28.7 Å². The highest BCUT2D eigenvalue weighted by atomic mass is 32.1. The van der Waals surface area contributed by atoms with Gasteiger partial charge < -0.3 is 19.7 Å². The van der Waals surface area contributed by atoms with Crippen molar-refractivity contribution in [2.75, 3.05) is 23.9 Å². The quantitative estimate of drug-likeness (QED) is 0.379. The predicted molar refractivity (Wildman–Crippen MR) is 144 cm³/mol. The van der Waals surface area contributed by atoms with E-state index in [1.165, 1.54) is 16.8 Å². The number of thiocarbonyl (C=S) groups is 1. The van der Waals surface area contributed by atoms with Crippen LogP contribution in [0.3, 0.4) is 0 Å². The second kappa shape index (κ2) is 8.95. The van der Waals surface area contributed by atoms with Crippen LogP contribution in [0.15, 0.2) is 85.2 Å². The highest BCUT2D eigenvalue weighted by Gasteiger charge is 2.42. The zero-order valence-corrected chi connectivity index (χ0v) is 20.8. The van der Waals surface area contributed by atoms with Crippen molar-refractivity contribution in [2.24, 2.45) is 0 Å². The molecule has 2 aromatic carbocycles. The van der Waals surface area contributed by atoms with Gasteiger partial charge in [0.2, 0.25) is 0 Å². The maximum atomic E-state index is 5.90. The van der Waals surface area contributed by atoms with Gasteiger partial charge in [-0.2, -0.15) is 0 Å². The normalized spacial score (nSPS) is 17.6. The Labute approximate surface area is 206 Å². The van der Waals surface area contributed by atoms with Crippen molar-refractivity contribution in [2.45, 2.75) is 25.9 Å². The first-order chi connectivity index (χ1) is 16.4. The van der Waals surface area contributed by atoms with Gasteiger partial charge in [-0.15, -0.1) is 0 Å². The van der Waals surface area contributed by atoms with Gasteiger partial charge in [-0.25, -0.2) is 0 Å². The third kappa shape index (κ3) is 3.94. The van der Waals surface area contributed by atoms with Gasteiger partial charge in [-0.05, 0) is 97.9 Å². The number of aryl methyl sites for hydroxylation is 2. The lowest BCUT2D eigenvalue weighted by atomic mass is 10.00. The summed E-state index contributed by atoms with van der Waals surface area (Å²) in [6.45, 7) is 4.28. The Hall–Kier alpha value is -3.64. The van der Waals surface area contributed by atoms with E-state index in [-0.39, 0.29) is 12.1 Å². The van der Waals surface area contributed by atoms with E-state index >= 15 is 0 Å². The smallest absolute Gasteiger partial charge is 0.174 e. The van der Waals surface area contributed by atoms with E-state index < -0.39 is 0 Å². The molecule has 1 N–H and O–H groups in total. The van der Waals surface area contributed by atoms with E-state index in [0.717, 1.165) is 22.8 Å². The predicted octanol–water partition coefficient (Wildman–Crippen LogP) is 5.73. The molecule has 6 heteroatoms. The number of rotatable bonds is 5. The molecule has 5 rings (SSSR count). The van der Waals surface area contributed by atoms with Gasteiger partial charge in [0, 0.05) is 49.2 Å². The van der Waals surface area contributed by atoms with Gasteiger partial charge in [0.25, 0.3) is 0 Å². The highest BCUT2D eigenvalue weighted by Crippen LogP contribution is 2.42. The molecule has 4 aromatic rings. The molecule has 0 radical (unpaired) electrons. The van der Waals surface area contributed by atoms with E-state index in [9.17, 15) is 0 Å². The van der Waals surface area contributed by atoms with Crippen LogP contribution in [0, 0.1) is 13.8 Å². The standard InChI is InChI=1S/C28H29N5S/c1-19-10-11-23(18-20(19)2)33-27(26(30-28(33)34)24-8-5-6-16-29-24)25-9-7-17-32(25)22-14-12-21(13-15-22)31(3)4/h5-18,26-27H,1-4H3,(H,30,34)/t26-,27-/m0/s1. The average molecular weight is 468 g/mol. The Morgan fingerprint density at radius 3 is 2.32 bits per heavy atom. The van der Waals surface area contributed by atoms with Crippen molar-refractivity contribution in [3.8, 4) is 5.69 Å². The topological polar surface area (TPSA) is 36.3 Å². The average Bonchev–Trinajstić information content (AvgIpc) is 3.46. The van der Waals surface area contributed by atoms with Crippen LogP contribution in [0.4, 0.5) is 11.4 Å². The molecule has 3 heterocycles. The molecular formula is C28H29N5S. The van der Waals surface area contributed by atoms with Crippen LogP contribution in [0.2, 0.25) is 0 Å². The molecule has 1 saturated heterocycles. The van der Waals surface area contributed by atoms with Crippen LogP contribution in [0.5, 0.6) is 0 Å². The summed E-state index contributed by atoms with van der Waals surface area (Å²) >= 11 is 5.90. The molecule has 1 aliphatic heterocycles. The molecule has 2 aromatic heterocycles. The van der Waals surface area contributed by atoms with Crippen molar-refractivity contribution < 1.29 is 0 Å². The van der Waals surface area contributed by atoms with E-state index in [1.54, 1.807) is 0 Å². The van der Waals surface area contributed by atoms with E-state index in [2.05, 4.69) is 119 Å². The Kier molecular flexibility index (Phi) is 5.84. The van der Waals surface area contributed by atoms with Crippen molar-refractivity contribution in [3.05, 3.63) is 108 Å². The number of nitrogens with zero attached hydrogens (tertiary/aromatic N) is 4. The highest BCUT2D eigenvalue weighted by molar-refractivity contribution is 7.80. The van der Waals surface area contributed by atoms with Gasteiger partial charge in [0.1, 0.15) is 6.04 Å². The molecular weight excluding hydrogens is 438 g/mol. The molecule has 2 atom stereocenters. The second-order valence-electron chi connectivity index (χ2n) is 8.98. The third-order valence-corrected chi connectivity index (χ3v) is 6.91. The van der Waals surface area contributed by atoms with Crippen molar-refractivity contribution in [1.29, 1.82) is 0 Å². The number of hydrogen-bond donors (Lipinski definition) is 1. The second-order valence-corrected chi connectivity index (χ2v) is 9.37. The summed E-state index contributed by atoms with van der Waals surface area (Å²) in [6.07, 6.45) is 3.96. The summed E-state index contributed by atoms with van der Waals surface area (Å²) in [5.74, 6) is 0. The molecule has 0 aliphatic carbocycles. The molecule has 1 aliphatic rings. The van der Waals surface area contributed by atoms with Crippen LogP contribution >= 0.6 is 12.2 Å². The lowest BCUT2D eigenvalue weighted by molar-refractivity contribution is 0.549. The largest absolute Gasteiger partial charge is 0.378 e. The minimum atomic E-state index is -0.0787. The third-order valence-electron chi connectivity index (χ3n) is 6.59. The zero-order chi connectivity index (χ0) is 23.8. The fraction of sp³-hybridized carbons (Fsp3) is 0.214. The van der Waals surface area contributed by atoms with Gasteiger partial charge >= 0.3 is 0 Å². The number of pyridine rings is 1. The van der Waals surface area contributed by atoms with Crippen molar-refractivity contribution in [1.82, 2.24) is 14.9 Å². The molecule has 0 unspecified atom stereocenters. The van der Waals surface area contributed by atoms with Gasteiger partial charge in [-0.1, -0.05) is 12.1 Å². The maximum Gasteiger partial charge on any atom is 0.174 e. The molecule has 172 valence electrons. The monoisotopic (exact) mass is 467 g/mol. The van der Waals surface area contributed by atoms with Crippen LogP contribution in [0.1, 0.15) is 34.6 Å². The summed E-state index contributed by atoms with van der Waals surface area (Å²) < 4.78 is 2.25. The summed E-state index contributed by atoms with van der Waals surface area (Å²) in [4.78, 5) is 9.03. The van der Waals surface area contributed by atoms with E-state index in [1.807, 2.05) is 18.3 Å². The number of nitrogens with one attached hydrogen (secondary N) is 1. The molecule has 5 nitrogen and oxygen atoms in total. The molecule has 34 heavy (non-hydrogen) atoms. The summed E-state index contributed by atoms with van der Waals surface area (Å²) in [5.41, 5.74) is 8.00. The van der Waals surface area contributed by atoms with Crippen LogP contribution in [0.25, 0.3) is 5.69 Å². The fourth-order valence-electron chi connectivity index (χ4n) is 4.59. The van der Waals surface area contributed by atoms with E-state index in [0.29, 0.717) is 5.11 Å². The number of benzene rings is 2. The Morgan fingerprint density at radius 2 is 1.65 bits per heavy atom. The summed E-state index contributed by atoms with van der Waals surface area (Å²) in [6, 6.07) is 25.3. The van der Waals surface area contributed by atoms with Crippen molar-refractivity contribution in [3.63, 3.8) is 0 Å². The zero-order valence-electron chi connectivity index (χ0n) is 19.9. The van der Waals surface area contributed by atoms with Crippen LogP contribution < -0.4 is 15.1 Å². The molecule has 0 bridgehead atoms. The molecule has 1 fully saturated rings. The number of anilines is 2. The molecule has 0 saturated carbocycles. The van der Waals surface area contributed by atoms with Crippen LogP contribution in [-0.2, 0) is 0 Å². The minimum absolute atomic E-state index is 0.0620. The summed E-state index contributed by atoms with van der Waals surface area (Å²) in [7, 11) is 4.11. The Bertz CT molecular complexity index is 1310. The van der Waals surface area contributed by atoms with E-state index in [4.69, 9.17) is 12.2 Å². The molecule has 0 spiro atoms. The van der Waals surface area contributed by atoms with Gasteiger partial charge in [0.05, 0.1) is 11.7 Å². The number of hydrogen-bond acceptors (Lipinski definition) is 3. The Morgan fingerprint density at radius 1 is 0.882 bits per heavy atom. The Balaban J connectivity index is 1.64. The molecule has 0 amide bonds. The van der Waals surface area contributed by atoms with Crippen LogP contribution in [-0.4, -0.2) is 28.8 Å². The fourth-order valence-corrected chi connectivity index (χ4v) is 4.94. The van der Waals surface area contributed by atoms with Gasteiger partial charge in [-0.3, -0.25) is 4.98 Å². The first-order valence-electron chi connectivity index (χ1n) is 11.5. The van der Waals surface area contributed by atoms with Gasteiger partial charge in [0.15, 0.2) is 5.11 Å². The SMILES string of the molecule is Cc1ccc(N2C(=S)N[C@@H](c3ccccn3)[C@@H]2c2cccn2-c2ccc(N(C)C)cc2)cc1C. The first-order valence-corrected chi connectivity index (χ1v) is 11.9. The lowest BCUT2D eigenvalue weighted by Crippen LogP contribution is -2.30. The number of aromatic nitrogens is 2.